The van der Waals surface area contributed by atoms with Gasteiger partial charge in [0.05, 0.1) is 22.2 Å². The van der Waals surface area contributed by atoms with Gasteiger partial charge in [0, 0.05) is 74.2 Å². The van der Waals surface area contributed by atoms with Crippen molar-refractivity contribution in [1.82, 2.24) is 0 Å². The SMILES string of the molecule is c1ccc(C2(c3ccccc3)c3ccccc3-c3ccc(N(c4ccc(-c5ccc(-c6cccc7cc(-c8ccc9sc%10cccc(-c%11ccccc%11N(c%11cccc(-c%12ccc(-c%13cccc%14ccccc%13%14)cc%12)c%11)c%11ccc%12c(c%11)C(c%11ccccc%11)(c%11ccccc%11)c%11ccccc%11-%12)c%10c9c8)ccc67)cc5)cc4)c4ccccc4-c4cccc5sc6ccccc6c45)cc32)cc1. The zero-order valence-corrected chi connectivity index (χ0v) is 74.8. The van der Waals surface area contributed by atoms with E-state index in [9.17, 15) is 0 Å². The Hall–Kier alpha value is -16.6. The molecule has 2 heterocycles. The van der Waals surface area contributed by atoms with Gasteiger partial charge in [-0.05, 0) is 252 Å². The van der Waals surface area contributed by atoms with Crippen molar-refractivity contribution in [3.63, 3.8) is 0 Å². The number of hydrogen-bond donors (Lipinski definition) is 0. The third kappa shape index (κ3) is 12.7. The number of rotatable bonds is 17. The first kappa shape index (κ1) is 78.4. The largest absolute Gasteiger partial charge is 0.310 e. The van der Waals surface area contributed by atoms with Crippen molar-refractivity contribution < 1.29 is 0 Å². The van der Waals surface area contributed by atoms with E-state index in [1.54, 1.807) is 0 Å². The summed E-state index contributed by atoms with van der Waals surface area (Å²) in [4.78, 5) is 5.03. The van der Waals surface area contributed by atoms with Gasteiger partial charge in [0.1, 0.15) is 0 Å². The lowest BCUT2D eigenvalue weighted by molar-refractivity contribution is 0.768. The zero-order chi connectivity index (χ0) is 88.4. The monoisotopic (exact) mass is 1740 g/mol. The van der Waals surface area contributed by atoms with E-state index in [2.05, 4.69) is 519 Å². The molecule has 0 radical (unpaired) electrons. The predicted octanol–water partition coefficient (Wildman–Crippen LogP) is 36.1. The molecule has 0 saturated heterocycles. The van der Waals surface area contributed by atoms with Crippen LogP contribution in [0.1, 0.15) is 44.5 Å². The van der Waals surface area contributed by atoms with Crippen LogP contribution in [-0.2, 0) is 10.8 Å². The molecule has 626 valence electrons. The number of fused-ring (bicyclic) bond motifs is 14. The molecule has 0 unspecified atom stereocenters. The lowest BCUT2D eigenvalue weighted by atomic mass is 9.67. The highest BCUT2D eigenvalue weighted by atomic mass is 32.1. The fraction of sp³-hybridized carbons (Fsp3) is 0.0154. The van der Waals surface area contributed by atoms with Crippen molar-refractivity contribution in [3.8, 4) is 100 Å². The van der Waals surface area contributed by atoms with E-state index >= 15 is 0 Å². The summed E-state index contributed by atoms with van der Waals surface area (Å²) >= 11 is 3.73. The molecular weight excluding hydrogens is 1650 g/mol. The molecule has 0 bridgehead atoms. The average Bonchev–Trinajstić information content (AvgIpc) is 1.54. The molecule has 24 aromatic rings. The minimum absolute atomic E-state index is 0.580. The number of anilines is 6. The van der Waals surface area contributed by atoms with Gasteiger partial charge in [0.2, 0.25) is 0 Å². The van der Waals surface area contributed by atoms with Gasteiger partial charge < -0.3 is 9.80 Å². The molecule has 2 nitrogen and oxygen atoms in total. The van der Waals surface area contributed by atoms with Gasteiger partial charge in [0.25, 0.3) is 0 Å². The maximum atomic E-state index is 2.53. The Morgan fingerprint density at radius 3 is 1.04 bits per heavy atom. The van der Waals surface area contributed by atoms with Crippen LogP contribution >= 0.6 is 22.7 Å². The number of thiophene rings is 2. The van der Waals surface area contributed by atoms with Crippen molar-refractivity contribution in [3.05, 3.63) is 554 Å². The van der Waals surface area contributed by atoms with Crippen LogP contribution in [-0.4, -0.2) is 0 Å². The van der Waals surface area contributed by atoms with Crippen LogP contribution in [0.3, 0.4) is 0 Å². The van der Waals surface area contributed by atoms with Crippen LogP contribution in [0.2, 0.25) is 0 Å². The summed E-state index contributed by atoms with van der Waals surface area (Å²) < 4.78 is 5.06. The van der Waals surface area contributed by atoms with E-state index in [0.29, 0.717) is 0 Å². The molecule has 0 amide bonds. The number of para-hydroxylation sites is 2. The molecule has 0 spiro atoms. The normalized spacial score (nSPS) is 12.7. The maximum absolute atomic E-state index is 2.53. The summed E-state index contributed by atoms with van der Waals surface area (Å²) in [7, 11) is 0. The van der Waals surface area contributed by atoms with Gasteiger partial charge in [-0.1, -0.05) is 413 Å². The van der Waals surface area contributed by atoms with Crippen LogP contribution in [0.25, 0.3) is 162 Å². The average molecular weight is 1740 g/mol. The van der Waals surface area contributed by atoms with Gasteiger partial charge in [-0.2, -0.15) is 0 Å². The molecule has 134 heavy (non-hydrogen) atoms. The summed E-state index contributed by atoms with van der Waals surface area (Å²) in [6, 6.07) is 191. The molecule has 0 saturated carbocycles. The molecule has 2 aliphatic rings. The van der Waals surface area contributed by atoms with Crippen molar-refractivity contribution in [2.45, 2.75) is 10.8 Å². The molecule has 0 atom stereocenters. The fourth-order valence-electron chi connectivity index (χ4n) is 22.5. The second-order valence-corrected chi connectivity index (χ2v) is 37.7. The first-order valence-electron chi connectivity index (χ1n) is 46.2. The molecule has 26 rings (SSSR count). The molecule has 22 aromatic carbocycles. The van der Waals surface area contributed by atoms with E-state index in [4.69, 9.17) is 0 Å². The van der Waals surface area contributed by atoms with E-state index in [1.165, 1.54) is 179 Å². The van der Waals surface area contributed by atoms with Gasteiger partial charge in [-0.3, -0.25) is 0 Å². The summed E-state index contributed by atoms with van der Waals surface area (Å²) in [5.74, 6) is 0. The second kappa shape index (κ2) is 32.2. The van der Waals surface area contributed by atoms with Gasteiger partial charge in [-0.25, -0.2) is 0 Å². The second-order valence-electron chi connectivity index (χ2n) is 35.5. The summed E-state index contributed by atoms with van der Waals surface area (Å²) in [6.45, 7) is 0. The van der Waals surface area contributed by atoms with Crippen LogP contribution in [0.5, 0.6) is 0 Å². The Morgan fingerprint density at radius 2 is 0.493 bits per heavy atom. The quantitative estimate of drug-likeness (QED) is 0.0896. The summed E-state index contributed by atoms with van der Waals surface area (Å²) in [5, 5.41) is 9.94. The van der Waals surface area contributed by atoms with Crippen molar-refractivity contribution in [1.29, 1.82) is 0 Å². The Balaban J connectivity index is 0.551. The highest BCUT2D eigenvalue weighted by molar-refractivity contribution is 7.26. The molecule has 0 aliphatic heterocycles. The Labute approximate surface area is 787 Å². The topological polar surface area (TPSA) is 6.48 Å². The smallest absolute Gasteiger partial charge is 0.0714 e. The molecular formula is C130H84N2S2. The molecule has 2 aliphatic carbocycles. The van der Waals surface area contributed by atoms with Gasteiger partial charge >= 0.3 is 0 Å². The summed E-state index contributed by atoms with van der Waals surface area (Å²) in [5.41, 5.74) is 36.7. The fourth-order valence-corrected chi connectivity index (χ4v) is 24.8. The predicted molar refractivity (Wildman–Crippen MR) is 569 cm³/mol. The van der Waals surface area contributed by atoms with Crippen molar-refractivity contribution >= 4 is 119 Å². The maximum Gasteiger partial charge on any atom is 0.0714 e. The van der Waals surface area contributed by atoms with E-state index < -0.39 is 10.8 Å². The van der Waals surface area contributed by atoms with Crippen LogP contribution < -0.4 is 9.80 Å². The Morgan fingerprint density at radius 1 is 0.157 bits per heavy atom. The van der Waals surface area contributed by atoms with E-state index in [-0.39, 0.29) is 0 Å². The first-order chi connectivity index (χ1) is 66.4. The molecule has 0 N–H and O–H groups in total. The van der Waals surface area contributed by atoms with Crippen LogP contribution in [0.4, 0.5) is 34.1 Å². The highest BCUT2D eigenvalue weighted by Crippen LogP contribution is 2.61. The Kier molecular flexibility index (Phi) is 18.9. The van der Waals surface area contributed by atoms with Gasteiger partial charge in [0.15, 0.2) is 0 Å². The first-order valence-corrected chi connectivity index (χ1v) is 47.9. The number of nitrogens with zero attached hydrogens (tertiary/aromatic N) is 2. The Bertz CT molecular complexity index is 8650. The number of hydrogen-bond acceptors (Lipinski definition) is 4. The highest BCUT2D eigenvalue weighted by Gasteiger charge is 2.48. The van der Waals surface area contributed by atoms with Crippen LogP contribution in [0.15, 0.2) is 510 Å². The zero-order valence-electron chi connectivity index (χ0n) is 73.2. The van der Waals surface area contributed by atoms with Crippen molar-refractivity contribution in [2.75, 3.05) is 9.80 Å². The standard InChI is InChI=1S/C130H84N2S2/c1-5-34-95(35-6-1)129(96-36-7-2-8-37-96)117-53-20-15-44-107(117)109-77-74-101(83-119(109)129)131(121-55-22-17-46-111(121)113-51-28-58-125-127(113)115-48-19-24-57-123(115)133-125)99-72-68-86(69-73-99)85-60-64-90(65-61-85)105-50-27-33-94-80-92(70-76-106(94)105)93-71-79-124-116(82-93)128-114(52-29-59-126(128)134-124)112-47-18-23-56-122(112)132(100-42-25-32-91(81-100)87-62-66-89(67-63-87)104-49-26-31-88-30-13-14-43-103(88)104)102-75-78-110-108-45-16-21-54-118(108)130(120(110)84-102,97-38-9-3-10-39-97)98-40-11-4-12-41-98/h1-84H. The molecule has 2 aromatic heterocycles. The minimum Gasteiger partial charge on any atom is -0.310 e. The summed E-state index contributed by atoms with van der Waals surface area (Å²) in [6.07, 6.45) is 0. The third-order valence-corrected chi connectivity index (χ3v) is 30.7. The minimum atomic E-state index is -0.608. The van der Waals surface area contributed by atoms with Gasteiger partial charge in [-0.15, -0.1) is 22.7 Å². The lowest BCUT2D eigenvalue weighted by Gasteiger charge is -2.35. The molecule has 4 heteroatoms. The van der Waals surface area contributed by atoms with E-state index in [1.807, 2.05) is 22.7 Å². The lowest BCUT2D eigenvalue weighted by Crippen LogP contribution is -2.28. The van der Waals surface area contributed by atoms with E-state index in [0.717, 1.165) is 61.9 Å². The molecule has 0 fully saturated rings. The van der Waals surface area contributed by atoms with Crippen LogP contribution in [0, 0.1) is 0 Å². The third-order valence-electron chi connectivity index (χ3n) is 28.5. The van der Waals surface area contributed by atoms with Crippen molar-refractivity contribution in [2.24, 2.45) is 0 Å². The number of benzene rings is 22.